The number of aromatic nitrogens is 2. The maximum absolute atomic E-state index is 11.5. The number of hydrogen-bond acceptors (Lipinski definition) is 3. The molecule has 0 aliphatic carbocycles. The predicted molar refractivity (Wildman–Crippen MR) is 99.6 cm³/mol. The van der Waals surface area contributed by atoms with Gasteiger partial charge in [0.05, 0.1) is 16.9 Å². The van der Waals surface area contributed by atoms with Gasteiger partial charge in [0, 0.05) is 19.3 Å². The molecule has 1 aromatic heterocycles. The Morgan fingerprint density at radius 2 is 1.85 bits per heavy atom. The summed E-state index contributed by atoms with van der Waals surface area (Å²) in [5.74, 6) is -0.586. The summed E-state index contributed by atoms with van der Waals surface area (Å²) in [5, 5.41) is 13.9. The van der Waals surface area contributed by atoms with Crippen LogP contribution in [-0.2, 0) is 6.54 Å². The highest BCUT2D eigenvalue weighted by molar-refractivity contribution is 5.89. The van der Waals surface area contributed by atoms with E-state index < -0.39 is 5.97 Å². The van der Waals surface area contributed by atoms with Gasteiger partial charge in [0.2, 0.25) is 0 Å². The Hall–Kier alpha value is -2.92. The second-order valence-corrected chi connectivity index (χ2v) is 6.68. The second-order valence-electron chi connectivity index (χ2n) is 6.68. The lowest BCUT2D eigenvalue weighted by atomic mass is 9.93. The van der Waals surface area contributed by atoms with E-state index in [9.17, 15) is 9.90 Å². The minimum atomic E-state index is -0.846. The lowest BCUT2D eigenvalue weighted by Crippen LogP contribution is -2.22. The van der Waals surface area contributed by atoms with Gasteiger partial charge in [-0.1, -0.05) is 36.4 Å². The number of aromatic carboxylic acids is 1. The Kier molecular flexibility index (Phi) is 4.54. The van der Waals surface area contributed by atoms with Crippen molar-refractivity contribution in [2.75, 3.05) is 13.1 Å². The summed E-state index contributed by atoms with van der Waals surface area (Å²) in [6, 6.07) is 19.5. The molecule has 0 bridgehead atoms. The number of carbonyl (C=O) groups is 1. The molecule has 0 radical (unpaired) electrons. The highest BCUT2D eigenvalue weighted by Crippen LogP contribution is 2.30. The molecule has 1 atom stereocenters. The van der Waals surface area contributed by atoms with Gasteiger partial charge >= 0.3 is 5.97 Å². The van der Waals surface area contributed by atoms with Gasteiger partial charge in [0.15, 0.2) is 0 Å². The van der Waals surface area contributed by atoms with Gasteiger partial charge in [0.25, 0.3) is 0 Å². The minimum Gasteiger partial charge on any atom is -0.478 e. The van der Waals surface area contributed by atoms with E-state index in [0.717, 1.165) is 43.0 Å². The fourth-order valence-corrected chi connectivity index (χ4v) is 3.76. The SMILES string of the molecule is O=C(O)c1ccccc1C1CCN(Cc2ccnn2-c2ccccc2)C1. The monoisotopic (exact) mass is 347 g/mol. The van der Waals surface area contributed by atoms with Gasteiger partial charge < -0.3 is 5.11 Å². The molecule has 4 rings (SSSR count). The lowest BCUT2D eigenvalue weighted by Gasteiger charge is -2.18. The van der Waals surface area contributed by atoms with Crippen LogP contribution in [0.25, 0.3) is 5.69 Å². The number of hydrogen-bond donors (Lipinski definition) is 1. The molecular weight excluding hydrogens is 326 g/mol. The fraction of sp³-hybridized carbons (Fsp3) is 0.238. The van der Waals surface area contributed by atoms with Crippen molar-refractivity contribution in [1.82, 2.24) is 14.7 Å². The first-order valence-electron chi connectivity index (χ1n) is 8.85. The highest BCUT2D eigenvalue weighted by Gasteiger charge is 2.27. The lowest BCUT2D eigenvalue weighted by molar-refractivity contribution is 0.0695. The van der Waals surface area contributed by atoms with Crippen molar-refractivity contribution in [2.24, 2.45) is 0 Å². The third-order valence-electron chi connectivity index (χ3n) is 5.01. The first-order valence-corrected chi connectivity index (χ1v) is 8.85. The van der Waals surface area contributed by atoms with Crippen LogP contribution in [0.4, 0.5) is 0 Å². The Bertz CT molecular complexity index is 904. The summed E-state index contributed by atoms with van der Waals surface area (Å²) >= 11 is 0. The summed E-state index contributed by atoms with van der Waals surface area (Å²) in [4.78, 5) is 13.9. The van der Waals surface area contributed by atoms with E-state index in [1.165, 1.54) is 0 Å². The highest BCUT2D eigenvalue weighted by atomic mass is 16.4. The third-order valence-corrected chi connectivity index (χ3v) is 5.01. The number of nitrogens with zero attached hydrogens (tertiary/aromatic N) is 3. The summed E-state index contributed by atoms with van der Waals surface area (Å²) in [6.45, 7) is 2.63. The number of benzene rings is 2. The average Bonchev–Trinajstić information content (AvgIpc) is 3.32. The third kappa shape index (κ3) is 3.26. The molecule has 3 aromatic rings. The largest absolute Gasteiger partial charge is 0.478 e. The molecule has 5 heteroatoms. The number of carboxylic acids is 1. The fourth-order valence-electron chi connectivity index (χ4n) is 3.76. The molecule has 1 aliphatic heterocycles. The molecule has 1 N–H and O–H groups in total. The van der Waals surface area contributed by atoms with E-state index in [0.29, 0.717) is 5.56 Å². The topological polar surface area (TPSA) is 58.4 Å². The van der Waals surface area contributed by atoms with Crippen LogP contribution >= 0.6 is 0 Å². The van der Waals surface area contributed by atoms with E-state index in [1.54, 1.807) is 12.1 Å². The average molecular weight is 347 g/mol. The summed E-state index contributed by atoms with van der Waals surface area (Å²) < 4.78 is 1.97. The van der Waals surface area contributed by atoms with E-state index in [-0.39, 0.29) is 5.92 Å². The van der Waals surface area contributed by atoms with Crippen LogP contribution in [0.5, 0.6) is 0 Å². The van der Waals surface area contributed by atoms with E-state index >= 15 is 0 Å². The number of likely N-dealkylation sites (tertiary alicyclic amines) is 1. The smallest absolute Gasteiger partial charge is 0.335 e. The van der Waals surface area contributed by atoms with Crippen molar-refractivity contribution in [3.8, 4) is 5.69 Å². The summed E-state index contributed by atoms with van der Waals surface area (Å²) in [5.41, 5.74) is 3.57. The van der Waals surface area contributed by atoms with Crippen LogP contribution in [0.2, 0.25) is 0 Å². The molecule has 2 aromatic carbocycles. The molecule has 0 saturated carbocycles. The van der Waals surface area contributed by atoms with Crippen LogP contribution in [-0.4, -0.2) is 38.8 Å². The van der Waals surface area contributed by atoms with Crippen LogP contribution in [0.15, 0.2) is 66.9 Å². The molecule has 132 valence electrons. The second kappa shape index (κ2) is 7.14. The molecular formula is C21H21N3O2. The Balaban J connectivity index is 1.50. The molecule has 0 spiro atoms. The van der Waals surface area contributed by atoms with E-state index in [4.69, 9.17) is 0 Å². The van der Waals surface area contributed by atoms with Crippen molar-refractivity contribution in [3.63, 3.8) is 0 Å². The number of para-hydroxylation sites is 1. The maximum Gasteiger partial charge on any atom is 0.335 e. The molecule has 26 heavy (non-hydrogen) atoms. The van der Waals surface area contributed by atoms with Gasteiger partial charge in [0.1, 0.15) is 0 Å². The van der Waals surface area contributed by atoms with Gasteiger partial charge in [-0.25, -0.2) is 9.48 Å². The van der Waals surface area contributed by atoms with Crippen LogP contribution < -0.4 is 0 Å². The first-order chi connectivity index (χ1) is 12.7. The van der Waals surface area contributed by atoms with E-state index in [1.807, 2.05) is 59.4 Å². The summed E-state index contributed by atoms with van der Waals surface area (Å²) in [6.07, 6.45) is 2.80. The van der Waals surface area contributed by atoms with Crippen molar-refractivity contribution in [2.45, 2.75) is 18.9 Å². The number of carboxylic acid groups (broad SMARTS) is 1. The van der Waals surface area contributed by atoms with Crippen LogP contribution in [0, 0.1) is 0 Å². The maximum atomic E-state index is 11.5. The van der Waals surface area contributed by atoms with Crippen molar-refractivity contribution < 1.29 is 9.90 Å². The quantitative estimate of drug-likeness (QED) is 0.767. The van der Waals surface area contributed by atoms with Gasteiger partial charge in [-0.2, -0.15) is 5.10 Å². The van der Waals surface area contributed by atoms with Crippen molar-refractivity contribution >= 4 is 5.97 Å². The van der Waals surface area contributed by atoms with Gasteiger partial charge in [-0.3, -0.25) is 4.90 Å². The molecule has 1 unspecified atom stereocenters. The molecule has 1 saturated heterocycles. The van der Waals surface area contributed by atoms with Crippen molar-refractivity contribution in [3.05, 3.63) is 83.7 Å². The van der Waals surface area contributed by atoms with Crippen molar-refractivity contribution in [1.29, 1.82) is 0 Å². The zero-order chi connectivity index (χ0) is 17.9. The van der Waals surface area contributed by atoms with Gasteiger partial charge in [-0.05, 0) is 48.7 Å². The number of rotatable bonds is 5. The molecule has 1 aliphatic rings. The van der Waals surface area contributed by atoms with E-state index in [2.05, 4.69) is 10.00 Å². The summed E-state index contributed by atoms with van der Waals surface area (Å²) in [7, 11) is 0. The zero-order valence-corrected chi connectivity index (χ0v) is 14.5. The minimum absolute atomic E-state index is 0.260. The Labute approximate surface area is 152 Å². The first kappa shape index (κ1) is 16.5. The Morgan fingerprint density at radius 1 is 1.08 bits per heavy atom. The predicted octanol–water partition coefficient (Wildman–Crippen LogP) is 3.56. The van der Waals surface area contributed by atoms with Gasteiger partial charge in [-0.15, -0.1) is 0 Å². The van der Waals surface area contributed by atoms with Crippen LogP contribution in [0.3, 0.4) is 0 Å². The molecule has 2 heterocycles. The van der Waals surface area contributed by atoms with Crippen LogP contribution in [0.1, 0.15) is 34.0 Å². The molecule has 1 fully saturated rings. The molecule has 5 nitrogen and oxygen atoms in total. The normalized spacial score (nSPS) is 17.5. The standard InChI is InChI=1S/C21H21N3O2/c25-21(26)20-9-5-4-8-19(20)16-11-13-23(14-16)15-18-10-12-22-24(18)17-6-2-1-3-7-17/h1-10,12,16H,11,13-15H2,(H,25,26). The Morgan fingerprint density at radius 3 is 2.65 bits per heavy atom. The molecule has 0 amide bonds. The zero-order valence-electron chi connectivity index (χ0n) is 14.5.